The van der Waals surface area contributed by atoms with Crippen LogP contribution in [0, 0.1) is 0 Å². The molecule has 0 unspecified atom stereocenters. The lowest BCUT2D eigenvalue weighted by Crippen LogP contribution is -2.09. The van der Waals surface area contributed by atoms with Crippen molar-refractivity contribution in [2.75, 3.05) is 30.9 Å². The average Bonchev–Trinajstić information content (AvgIpc) is 2.87. The number of fused-ring (bicyclic) bond motifs is 1. The topological polar surface area (TPSA) is 53.8 Å². The molecule has 0 saturated carbocycles. The van der Waals surface area contributed by atoms with Crippen molar-refractivity contribution < 1.29 is 14.0 Å². The van der Waals surface area contributed by atoms with Crippen LogP contribution < -0.4 is 9.80 Å². The van der Waals surface area contributed by atoms with Crippen LogP contribution in [-0.2, 0) is 4.79 Å². The molecule has 0 spiro atoms. The van der Waals surface area contributed by atoms with E-state index in [2.05, 4.69) is 15.9 Å². The number of carbonyl (C=O) groups is 2. The number of carbonyl (C=O) groups excluding carboxylic acids is 2. The van der Waals surface area contributed by atoms with Gasteiger partial charge in [0, 0.05) is 43.3 Å². The zero-order chi connectivity index (χ0) is 17.0. The van der Waals surface area contributed by atoms with Crippen molar-refractivity contribution >= 4 is 51.0 Å². The maximum absolute atomic E-state index is 11.5. The lowest BCUT2D eigenvalue weighted by molar-refractivity contribution is -0.104. The van der Waals surface area contributed by atoms with Crippen molar-refractivity contribution in [1.82, 2.24) is 0 Å². The Kier molecular flexibility index (Phi) is 5.39. The molecule has 5 nitrogen and oxygen atoms in total. The van der Waals surface area contributed by atoms with Gasteiger partial charge in [-0.05, 0) is 34.1 Å². The van der Waals surface area contributed by atoms with Gasteiger partial charge in [-0.3, -0.25) is 9.59 Å². The Morgan fingerprint density at radius 3 is 2.43 bits per heavy atom. The van der Waals surface area contributed by atoms with Gasteiger partial charge in [0.25, 0.3) is 0 Å². The van der Waals surface area contributed by atoms with Gasteiger partial charge in [0.1, 0.15) is 11.9 Å². The fourth-order valence-electron chi connectivity index (χ4n) is 2.19. The molecule has 0 radical (unpaired) electrons. The zero-order valence-electron chi connectivity index (χ0n) is 13.1. The SMILES string of the molecule is CN(C)c1cc2oc(N(C)/C=C\C=C/C=O)c(C=O)c2cc1Br. The van der Waals surface area contributed by atoms with Crippen LogP contribution in [0.25, 0.3) is 11.0 Å². The predicted octanol–water partition coefficient (Wildman–Crippen LogP) is 3.78. The van der Waals surface area contributed by atoms with E-state index in [-0.39, 0.29) is 0 Å². The van der Waals surface area contributed by atoms with Crippen molar-refractivity contribution in [1.29, 1.82) is 0 Å². The van der Waals surface area contributed by atoms with Gasteiger partial charge in [-0.1, -0.05) is 6.08 Å². The quantitative estimate of drug-likeness (QED) is 0.436. The number of rotatable bonds is 6. The molecule has 0 N–H and O–H groups in total. The van der Waals surface area contributed by atoms with Crippen LogP contribution in [0.4, 0.5) is 11.6 Å². The third kappa shape index (κ3) is 3.53. The Bertz CT molecular complexity index is 791. The smallest absolute Gasteiger partial charge is 0.211 e. The van der Waals surface area contributed by atoms with Gasteiger partial charge in [-0.25, -0.2) is 0 Å². The van der Waals surface area contributed by atoms with Crippen LogP contribution in [0.1, 0.15) is 10.4 Å². The minimum absolute atomic E-state index is 0.452. The number of allylic oxidation sites excluding steroid dienone is 3. The van der Waals surface area contributed by atoms with Crippen molar-refractivity contribution in [2.45, 2.75) is 0 Å². The summed E-state index contributed by atoms with van der Waals surface area (Å²) in [7, 11) is 5.65. The van der Waals surface area contributed by atoms with Crippen molar-refractivity contribution in [3.8, 4) is 0 Å². The van der Waals surface area contributed by atoms with Crippen LogP contribution in [0.5, 0.6) is 0 Å². The predicted molar refractivity (Wildman–Crippen MR) is 96.4 cm³/mol. The van der Waals surface area contributed by atoms with Gasteiger partial charge in [-0.2, -0.15) is 0 Å². The Morgan fingerprint density at radius 1 is 1.09 bits per heavy atom. The molecule has 1 aromatic carbocycles. The van der Waals surface area contributed by atoms with Gasteiger partial charge >= 0.3 is 0 Å². The molecule has 0 atom stereocenters. The normalized spacial score (nSPS) is 11.5. The Balaban J connectivity index is 2.52. The largest absolute Gasteiger partial charge is 0.439 e. The van der Waals surface area contributed by atoms with E-state index in [1.807, 2.05) is 31.1 Å². The number of hydrogen-bond donors (Lipinski definition) is 0. The van der Waals surface area contributed by atoms with Gasteiger partial charge in [0.15, 0.2) is 6.29 Å². The average molecular weight is 377 g/mol. The highest BCUT2D eigenvalue weighted by atomic mass is 79.9. The van der Waals surface area contributed by atoms with Crippen molar-refractivity contribution in [2.24, 2.45) is 0 Å². The molecule has 0 bridgehead atoms. The fraction of sp³-hybridized carbons (Fsp3) is 0.176. The molecule has 0 aliphatic rings. The highest BCUT2D eigenvalue weighted by Crippen LogP contribution is 2.37. The summed E-state index contributed by atoms with van der Waals surface area (Å²) in [4.78, 5) is 25.4. The third-order valence-electron chi connectivity index (χ3n) is 3.31. The molecule has 0 aliphatic carbocycles. The number of nitrogens with zero attached hydrogens (tertiary/aromatic N) is 2. The summed E-state index contributed by atoms with van der Waals surface area (Å²) in [6, 6.07) is 3.77. The molecule has 2 aromatic rings. The molecule has 0 aliphatic heterocycles. The maximum Gasteiger partial charge on any atom is 0.211 e. The van der Waals surface area contributed by atoms with E-state index < -0.39 is 0 Å². The zero-order valence-corrected chi connectivity index (χ0v) is 14.7. The molecule has 0 fully saturated rings. The molecular formula is C17H17BrN2O3. The Labute approximate surface area is 143 Å². The Morgan fingerprint density at radius 2 is 1.83 bits per heavy atom. The van der Waals surface area contributed by atoms with Gasteiger partial charge in [0.2, 0.25) is 5.88 Å². The molecule has 0 amide bonds. The number of hydrogen-bond acceptors (Lipinski definition) is 5. The molecular weight excluding hydrogens is 360 g/mol. The number of furan rings is 1. The number of anilines is 2. The van der Waals surface area contributed by atoms with E-state index in [4.69, 9.17) is 4.42 Å². The number of benzene rings is 1. The summed E-state index contributed by atoms with van der Waals surface area (Å²) in [5, 5.41) is 0.746. The summed E-state index contributed by atoms with van der Waals surface area (Å²) in [6.07, 6.45) is 7.87. The minimum Gasteiger partial charge on any atom is -0.439 e. The summed E-state index contributed by atoms with van der Waals surface area (Å²) < 4.78 is 6.74. The van der Waals surface area contributed by atoms with Crippen molar-refractivity contribution in [3.05, 3.63) is 46.6 Å². The van der Waals surface area contributed by atoms with E-state index in [0.717, 1.165) is 21.8 Å². The van der Waals surface area contributed by atoms with Gasteiger partial charge in [0.05, 0.1) is 11.3 Å². The summed E-state index contributed by atoms with van der Waals surface area (Å²) >= 11 is 3.52. The first-order valence-corrected chi connectivity index (χ1v) is 7.69. The molecule has 1 aromatic heterocycles. The number of aldehydes is 2. The highest BCUT2D eigenvalue weighted by Gasteiger charge is 2.18. The minimum atomic E-state index is 0.452. The molecule has 23 heavy (non-hydrogen) atoms. The molecule has 6 heteroatoms. The van der Waals surface area contributed by atoms with E-state index >= 15 is 0 Å². The van der Waals surface area contributed by atoms with E-state index in [0.29, 0.717) is 23.3 Å². The van der Waals surface area contributed by atoms with Crippen molar-refractivity contribution in [3.63, 3.8) is 0 Å². The van der Waals surface area contributed by atoms with E-state index in [1.54, 1.807) is 30.3 Å². The number of halogens is 1. The first-order chi connectivity index (χ1) is 11.0. The summed E-state index contributed by atoms with van der Waals surface area (Å²) in [5.41, 5.74) is 2.08. The monoisotopic (exact) mass is 376 g/mol. The first-order valence-electron chi connectivity index (χ1n) is 6.89. The second kappa shape index (κ2) is 7.28. The second-order valence-electron chi connectivity index (χ2n) is 5.11. The van der Waals surface area contributed by atoms with Crippen LogP contribution in [0.3, 0.4) is 0 Å². The van der Waals surface area contributed by atoms with E-state index in [1.165, 1.54) is 6.08 Å². The fourth-order valence-corrected chi connectivity index (χ4v) is 2.88. The molecule has 1 heterocycles. The molecule has 120 valence electrons. The maximum atomic E-state index is 11.5. The lowest BCUT2D eigenvalue weighted by atomic mass is 10.1. The van der Waals surface area contributed by atoms with Gasteiger partial charge < -0.3 is 14.2 Å². The van der Waals surface area contributed by atoms with Gasteiger partial charge in [-0.15, -0.1) is 0 Å². The first kappa shape index (κ1) is 17.0. The van der Waals surface area contributed by atoms with Crippen LogP contribution in [0.15, 0.2) is 45.5 Å². The van der Waals surface area contributed by atoms with Crippen LogP contribution in [0.2, 0.25) is 0 Å². The van der Waals surface area contributed by atoms with Crippen LogP contribution in [-0.4, -0.2) is 33.7 Å². The van der Waals surface area contributed by atoms with E-state index in [9.17, 15) is 9.59 Å². The molecule has 2 rings (SSSR count). The van der Waals surface area contributed by atoms with Crippen LogP contribution >= 0.6 is 15.9 Å². The highest BCUT2D eigenvalue weighted by molar-refractivity contribution is 9.10. The second-order valence-corrected chi connectivity index (χ2v) is 5.96. The summed E-state index contributed by atoms with van der Waals surface area (Å²) in [6.45, 7) is 0. The lowest BCUT2D eigenvalue weighted by Gasteiger charge is -2.14. The third-order valence-corrected chi connectivity index (χ3v) is 3.94. The summed E-state index contributed by atoms with van der Waals surface area (Å²) in [5.74, 6) is 0.452. The Hall–Kier alpha value is -2.34. The standard InChI is InChI=1S/C17H17BrN2O3/c1-19(2)15-10-16-12(9-14(15)18)13(11-22)17(23-16)20(3)7-5-4-6-8-21/h4-11H,1-3H3/b6-4-,7-5-. The molecule has 0 saturated heterocycles.